The molecule has 0 amide bonds. The van der Waals surface area contributed by atoms with Crippen molar-refractivity contribution in [2.45, 2.75) is 103 Å². The second-order valence-electron chi connectivity index (χ2n) is 9.08. The summed E-state index contributed by atoms with van der Waals surface area (Å²) in [5.74, 6) is 0. The first-order chi connectivity index (χ1) is 9.97. The molecule has 1 spiro atoms. The highest BCUT2D eigenvalue weighted by atomic mass is 15.2. The maximum Gasteiger partial charge on any atom is 0.0125 e. The van der Waals surface area contributed by atoms with Crippen molar-refractivity contribution in [3.63, 3.8) is 0 Å². The van der Waals surface area contributed by atoms with E-state index in [2.05, 4.69) is 31.0 Å². The van der Waals surface area contributed by atoms with Gasteiger partial charge in [-0.05, 0) is 77.6 Å². The molecule has 21 heavy (non-hydrogen) atoms. The zero-order valence-corrected chi connectivity index (χ0v) is 14.6. The molecule has 2 heteroatoms. The van der Waals surface area contributed by atoms with Crippen molar-refractivity contribution in [2.75, 3.05) is 13.1 Å². The molecule has 3 rings (SSSR count). The maximum absolute atomic E-state index is 4.01. The summed E-state index contributed by atoms with van der Waals surface area (Å²) in [7, 11) is 0. The predicted octanol–water partition coefficient (Wildman–Crippen LogP) is 4.34. The maximum atomic E-state index is 4.01. The van der Waals surface area contributed by atoms with Crippen LogP contribution < -0.4 is 5.32 Å². The summed E-state index contributed by atoms with van der Waals surface area (Å²) in [5, 5.41) is 4.01. The molecular weight excluding hydrogens is 256 g/mol. The fourth-order valence-corrected chi connectivity index (χ4v) is 5.07. The topological polar surface area (TPSA) is 15.3 Å². The summed E-state index contributed by atoms with van der Waals surface area (Å²) in [6, 6.07) is 1.61. The van der Waals surface area contributed by atoms with Gasteiger partial charge < -0.3 is 5.32 Å². The standard InChI is InChI=1S/C19H36N2/c1-18(2,3)21-14-8-17(9-15-21)20-16-6-12-19(13-7-16)10-4-5-11-19/h16-17,20H,4-15H2,1-3H3. The van der Waals surface area contributed by atoms with Crippen LogP contribution in [0.2, 0.25) is 0 Å². The van der Waals surface area contributed by atoms with E-state index in [9.17, 15) is 0 Å². The van der Waals surface area contributed by atoms with Crippen LogP contribution in [0.4, 0.5) is 0 Å². The summed E-state index contributed by atoms with van der Waals surface area (Å²) < 4.78 is 0. The molecule has 1 saturated heterocycles. The van der Waals surface area contributed by atoms with Gasteiger partial charge >= 0.3 is 0 Å². The minimum Gasteiger partial charge on any atom is -0.311 e. The normalized spacial score (nSPS) is 29.3. The Balaban J connectivity index is 1.40. The van der Waals surface area contributed by atoms with Gasteiger partial charge in [-0.2, -0.15) is 0 Å². The number of likely N-dealkylation sites (tertiary alicyclic amines) is 1. The molecule has 0 aromatic heterocycles. The zero-order chi connectivity index (χ0) is 14.9. The average Bonchev–Trinajstić information content (AvgIpc) is 2.90. The lowest BCUT2D eigenvalue weighted by molar-refractivity contribution is 0.0873. The van der Waals surface area contributed by atoms with Gasteiger partial charge in [-0.3, -0.25) is 4.90 Å². The smallest absolute Gasteiger partial charge is 0.0125 e. The zero-order valence-electron chi connectivity index (χ0n) is 14.6. The first kappa shape index (κ1) is 15.8. The predicted molar refractivity (Wildman–Crippen MR) is 90.6 cm³/mol. The third kappa shape index (κ3) is 3.82. The van der Waals surface area contributed by atoms with E-state index in [0.29, 0.717) is 5.54 Å². The largest absolute Gasteiger partial charge is 0.311 e. The SMILES string of the molecule is CC(C)(C)N1CCC(NC2CCC3(CCCC3)CC2)CC1. The van der Waals surface area contributed by atoms with E-state index in [1.165, 1.54) is 77.3 Å². The average molecular weight is 293 g/mol. The summed E-state index contributed by atoms with van der Waals surface area (Å²) in [6.45, 7) is 9.60. The fraction of sp³-hybridized carbons (Fsp3) is 1.00. The minimum absolute atomic E-state index is 0.352. The van der Waals surface area contributed by atoms with Crippen LogP contribution in [0.5, 0.6) is 0 Å². The Labute approximate surface area is 132 Å². The molecule has 3 aliphatic rings. The van der Waals surface area contributed by atoms with Gasteiger partial charge in [0.2, 0.25) is 0 Å². The molecule has 0 atom stereocenters. The lowest BCUT2D eigenvalue weighted by atomic mass is 9.71. The Hall–Kier alpha value is -0.0800. The second-order valence-corrected chi connectivity index (χ2v) is 9.08. The molecular formula is C19H36N2. The molecule has 1 aliphatic heterocycles. The molecule has 2 nitrogen and oxygen atoms in total. The van der Waals surface area contributed by atoms with Crippen LogP contribution in [0.3, 0.4) is 0 Å². The molecule has 1 heterocycles. The van der Waals surface area contributed by atoms with Gasteiger partial charge in [-0.1, -0.05) is 12.8 Å². The van der Waals surface area contributed by atoms with Gasteiger partial charge in [0.05, 0.1) is 0 Å². The minimum atomic E-state index is 0.352. The van der Waals surface area contributed by atoms with Gasteiger partial charge in [-0.25, -0.2) is 0 Å². The van der Waals surface area contributed by atoms with Crippen molar-refractivity contribution in [1.82, 2.24) is 10.2 Å². The molecule has 2 aliphatic carbocycles. The molecule has 2 saturated carbocycles. The summed E-state index contributed by atoms with van der Waals surface area (Å²) in [5.41, 5.74) is 1.14. The number of piperidine rings is 1. The van der Waals surface area contributed by atoms with E-state index in [1.807, 2.05) is 0 Å². The molecule has 0 aromatic carbocycles. The number of rotatable bonds is 2. The molecule has 0 aromatic rings. The molecule has 0 unspecified atom stereocenters. The van der Waals surface area contributed by atoms with Crippen molar-refractivity contribution < 1.29 is 0 Å². The van der Waals surface area contributed by atoms with Gasteiger partial charge in [-0.15, -0.1) is 0 Å². The molecule has 1 N–H and O–H groups in total. The van der Waals surface area contributed by atoms with Gasteiger partial charge in [0.25, 0.3) is 0 Å². The molecule has 0 radical (unpaired) electrons. The van der Waals surface area contributed by atoms with E-state index in [-0.39, 0.29) is 0 Å². The van der Waals surface area contributed by atoms with Crippen molar-refractivity contribution in [2.24, 2.45) is 5.41 Å². The van der Waals surface area contributed by atoms with E-state index in [4.69, 9.17) is 0 Å². The van der Waals surface area contributed by atoms with Crippen molar-refractivity contribution in [1.29, 1.82) is 0 Å². The highest BCUT2D eigenvalue weighted by molar-refractivity contribution is 4.93. The van der Waals surface area contributed by atoms with Gasteiger partial charge in [0, 0.05) is 30.7 Å². The Morgan fingerprint density at radius 2 is 1.33 bits per heavy atom. The number of hydrogen-bond donors (Lipinski definition) is 1. The van der Waals surface area contributed by atoms with Crippen molar-refractivity contribution in [3.05, 3.63) is 0 Å². The molecule has 0 bridgehead atoms. The van der Waals surface area contributed by atoms with Crippen LogP contribution in [0.15, 0.2) is 0 Å². The Bertz CT molecular complexity index is 320. The monoisotopic (exact) mass is 292 g/mol. The van der Waals surface area contributed by atoms with Crippen molar-refractivity contribution in [3.8, 4) is 0 Å². The van der Waals surface area contributed by atoms with Gasteiger partial charge in [0.15, 0.2) is 0 Å². The third-order valence-electron chi connectivity index (χ3n) is 6.63. The third-order valence-corrected chi connectivity index (χ3v) is 6.63. The van der Waals surface area contributed by atoms with Crippen LogP contribution in [-0.2, 0) is 0 Å². The molecule has 122 valence electrons. The Morgan fingerprint density at radius 3 is 1.86 bits per heavy atom. The highest BCUT2D eigenvalue weighted by Gasteiger charge is 2.38. The van der Waals surface area contributed by atoms with Crippen LogP contribution in [0.25, 0.3) is 0 Å². The summed E-state index contributed by atoms with van der Waals surface area (Å²) in [4.78, 5) is 2.65. The van der Waals surface area contributed by atoms with Crippen LogP contribution in [0.1, 0.15) is 85.0 Å². The first-order valence-electron chi connectivity index (χ1n) is 9.48. The van der Waals surface area contributed by atoms with Crippen LogP contribution >= 0.6 is 0 Å². The number of nitrogens with zero attached hydrogens (tertiary/aromatic N) is 1. The van der Waals surface area contributed by atoms with E-state index >= 15 is 0 Å². The Kier molecular flexibility index (Phi) is 4.66. The molecule has 3 fully saturated rings. The van der Waals surface area contributed by atoms with Crippen LogP contribution in [0, 0.1) is 5.41 Å². The number of hydrogen-bond acceptors (Lipinski definition) is 2. The quantitative estimate of drug-likeness (QED) is 0.814. The summed E-state index contributed by atoms with van der Waals surface area (Å²) >= 11 is 0. The van der Waals surface area contributed by atoms with Crippen LogP contribution in [-0.4, -0.2) is 35.6 Å². The van der Waals surface area contributed by atoms with Gasteiger partial charge in [0.1, 0.15) is 0 Å². The summed E-state index contributed by atoms with van der Waals surface area (Å²) in [6.07, 6.45) is 14.7. The van der Waals surface area contributed by atoms with E-state index in [1.54, 1.807) is 0 Å². The number of nitrogens with one attached hydrogen (secondary N) is 1. The first-order valence-corrected chi connectivity index (χ1v) is 9.48. The second kappa shape index (κ2) is 6.20. The Morgan fingerprint density at radius 1 is 0.810 bits per heavy atom. The highest BCUT2D eigenvalue weighted by Crippen LogP contribution is 2.48. The lowest BCUT2D eigenvalue weighted by Gasteiger charge is -2.43. The van der Waals surface area contributed by atoms with E-state index in [0.717, 1.165) is 17.5 Å². The fourth-order valence-electron chi connectivity index (χ4n) is 5.07. The lowest BCUT2D eigenvalue weighted by Crippen LogP contribution is -2.52. The van der Waals surface area contributed by atoms with Crippen molar-refractivity contribution >= 4 is 0 Å². The van der Waals surface area contributed by atoms with E-state index < -0.39 is 0 Å².